The quantitative estimate of drug-likeness (QED) is 0.581. The van der Waals surface area contributed by atoms with E-state index in [-0.39, 0.29) is 0 Å². The third kappa shape index (κ3) is 3.85. The number of rotatable bonds is 2. The summed E-state index contributed by atoms with van der Waals surface area (Å²) in [6, 6.07) is 14.8. The lowest BCUT2D eigenvalue weighted by molar-refractivity contribution is 0.248. The third-order valence-electron chi connectivity index (χ3n) is 6.07. The first-order valence-corrected chi connectivity index (χ1v) is 10.7. The molecule has 1 aliphatic carbocycles. The number of halogens is 1. The highest BCUT2D eigenvalue weighted by atomic mass is 35.5. The second kappa shape index (κ2) is 8.10. The SMILES string of the molecule is Clc1ccc2c(c1)CCc1cccnc1C2=C1CCN(Cc2cccnc2)CC1. The molecule has 1 fully saturated rings. The fourth-order valence-corrected chi connectivity index (χ4v) is 4.81. The molecule has 0 N–H and O–H groups in total. The predicted octanol–water partition coefficient (Wildman–Crippen LogP) is 5.33. The number of hydrogen-bond acceptors (Lipinski definition) is 3. The van der Waals surface area contributed by atoms with Crippen molar-refractivity contribution in [3.63, 3.8) is 0 Å². The topological polar surface area (TPSA) is 29.0 Å². The van der Waals surface area contributed by atoms with Crippen LogP contribution in [0.2, 0.25) is 5.02 Å². The lowest BCUT2D eigenvalue weighted by Crippen LogP contribution is -2.30. The van der Waals surface area contributed by atoms with Gasteiger partial charge in [-0.2, -0.15) is 0 Å². The van der Waals surface area contributed by atoms with Crippen LogP contribution in [-0.4, -0.2) is 28.0 Å². The summed E-state index contributed by atoms with van der Waals surface area (Å²) in [5, 5.41) is 0.818. The Bertz CT molecular complexity index is 1050. The smallest absolute Gasteiger partial charge is 0.0739 e. The van der Waals surface area contributed by atoms with Gasteiger partial charge in [0.2, 0.25) is 0 Å². The molecule has 3 nitrogen and oxygen atoms in total. The number of piperidine rings is 1. The molecule has 0 saturated carbocycles. The molecule has 29 heavy (non-hydrogen) atoms. The van der Waals surface area contributed by atoms with E-state index in [9.17, 15) is 0 Å². The maximum absolute atomic E-state index is 6.33. The maximum atomic E-state index is 6.33. The minimum atomic E-state index is 0.818. The molecular weight excluding hydrogens is 378 g/mol. The fourth-order valence-electron chi connectivity index (χ4n) is 4.61. The first-order chi connectivity index (χ1) is 14.3. The van der Waals surface area contributed by atoms with Gasteiger partial charge in [-0.1, -0.05) is 35.4 Å². The van der Waals surface area contributed by atoms with Crippen LogP contribution in [0.3, 0.4) is 0 Å². The number of likely N-dealkylation sites (tertiary alicyclic amines) is 1. The Morgan fingerprint density at radius 1 is 0.897 bits per heavy atom. The number of pyridine rings is 2. The van der Waals surface area contributed by atoms with Crippen LogP contribution in [0.25, 0.3) is 5.57 Å². The summed E-state index contributed by atoms with van der Waals surface area (Å²) in [5.41, 5.74) is 9.34. The van der Waals surface area contributed by atoms with Gasteiger partial charge in [-0.25, -0.2) is 0 Å². The molecule has 3 aromatic rings. The van der Waals surface area contributed by atoms with E-state index in [1.807, 2.05) is 30.7 Å². The van der Waals surface area contributed by atoms with Crippen LogP contribution in [-0.2, 0) is 19.4 Å². The monoisotopic (exact) mass is 401 g/mol. The summed E-state index contributed by atoms with van der Waals surface area (Å²) in [4.78, 5) is 11.6. The Morgan fingerprint density at radius 3 is 2.55 bits per heavy atom. The molecular formula is C25H24ClN3. The van der Waals surface area contributed by atoms with E-state index in [0.29, 0.717) is 0 Å². The highest BCUT2D eigenvalue weighted by Gasteiger charge is 2.25. The number of benzene rings is 1. The largest absolute Gasteiger partial charge is 0.298 e. The normalized spacial score (nSPS) is 16.9. The zero-order valence-electron chi connectivity index (χ0n) is 16.4. The van der Waals surface area contributed by atoms with E-state index in [4.69, 9.17) is 16.6 Å². The molecule has 0 atom stereocenters. The molecule has 1 saturated heterocycles. The minimum absolute atomic E-state index is 0.818. The summed E-state index contributed by atoms with van der Waals surface area (Å²) in [6.45, 7) is 3.11. The number of hydrogen-bond donors (Lipinski definition) is 0. The molecule has 4 heteroatoms. The molecule has 0 bridgehead atoms. The second-order valence-electron chi connectivity index (χ2n) is 7.93. The van der Waals surface area contributed by atoms with Crippen molar-refractivity contribution in [1.82, 2.24) is 14.9 Å². The number of nitrogens with zero attached hydrogens (tertiary/aromatic N) is 3. The van der Waals surface area contributed by atoms with Crippen molar-refractivity contribution in [2.24, 2.45) is 0 Å². The van der Waals surface area contributed by atoms with E-state index >= 15 is 0 Å². The summed E-state index contributed by atoms with van der Waals surface area (Å²) in [5.74, 6) is 0. The van der Waals surface area contributed by atoms with Crippen molar-refractivity contribution in [2.75, 3.05) is 13.1 Å². The van der Waals surface area contributed by atoms with Gasteiger partial charge in [0.15, 0.2) is 0 Å². The van der Waals surface area contributed by atoms with Crippen molar-refractivity contribution >= 4 is 17.2 Å². The van der Waals surface area contributed by atoms with Crippen LogP contribution in [0, 0.1) is 0 Å². The van der Waals surface area contributed by atoms with Crippen LogP contribution in [0.4, 0.5) is 0 Å². The van der Waals surface area contributed by atoms with Gasteiger partial charge in [0, 0.05) is 48.8 Å². The molecule has 1 aromatic carbocycles. The summed E-state index contributed by atoms with van der Waals surface area (Å²) < 4.78 is 0. The molecule has 0 radical (unpaired) electrons. The third-order valence-corrected chi connectivity index (χ3v) is 6.31. The first-order valence-electron chi connectivity index (χ1n) is 10.3. The van der Waals surface area contributed by atoms with E-state index in [2.05, 4.69) is 40.2 Å². The molecule has 3 heterocycles. The molecule has 1 aliphatic heterocycles. The predicted molar refractivity (Wildman–Crippen MR) is 118 cm³/mol. The Morgan fingerprint density at radius 2 is 1.72 bits per heavy atom. The first kappa shape index (κ1) is 18.5. The van der Waals surface area contributed by atoms with Crippen molar-refractivity contribution in [1.29, 1.82) is 0 Å². The van der Waals surface area contributed by atoms with Crippen LogP contribution in [0.1, 0.15) is 40.8 Å². The van der Waals surface area contributed by atoms with E-state index in [1.165, 1.54) is 39.1 Å². The van der Waals surface area contributed by atoms with Crippen molar-refractivity contribution in [3.05, 3.63) is 99.6 Å². The molecule has 2 aliphatic rings. The van der Waals surface area contributed by atoms with Gasteiger partial charge in [-0.05, 0) is 72.2 Å². The summed E-state index contributed by atoms with van der Waals surface area (Å²) in [6.07, 6.45) is 9.92. The van der Waals surface area contributed by atoms with Gasteiger partial charge in [0.1, 0.15) is 0 Å². The van der Waals surface area contributed by atoms with Gasteiger partial charge in [-0.3, -0.25) is 14.9 Å². The summed E-state index contributed by atoms with van der Waals surface area (Å²) >= 11 is 6.33. The van der Waals surface area contributed by atoms with Crippen molar-refractivity contribution < 1.29 is 0 Å². The molecule has 0 unspecified atom stereocenters. The number of aromatic nitrogens is 2. The van der Waals surface area contributed by atoms with E-state index in [0.717, 1.165) is 50.3 Å². The average Bonchev–Trinajstić information content (AvgIpc) is 2.92. The lowest BCUT2D eigenvalue weighted by atomic mass is 9.88. The van der Waals surface area contributed by atoms with Crippen molar-refractivity contribution in [3.8, 4) is 0 Å². The number of aryl methyl sites for hydroxylation is 2. The highest BCUT2D eigenvalue weighted by Crippen LogP contribution is 2.38. The van der Waals surface area contributed by atoms with Crippen LogP contribution in [0.15, 0.2) is 66.6 Å². The highest BCUT2D eigenvalue weighted by molar-refractivity contribution is 6.30. The van der Waals surface area contributed by atoms with E-state index in [1.54, 1.807) is 0 Å². The van der Waals surface area contributed by atoms with Gasteiger partial charge < -0.3 is 0 Å². The van der Waals surface area contributed by atoms with Crippen LogP contribution in [0.5, 0.6) is 0 Å². The van der Waals surface area contributed by atoms with Gasteiger partial charge >= 0.3 is 0 Å². The number of fused-ring (bicyclic) bond motifs is 2. The Labute approximate surface area is 177 Å². The van der Waals surface area contributed by atoms with Gasteiger partial charge in [0.25, 0.3) is 0 Å². The molecule has 0 spiro atoms. The molecule has 5 rings (SSSR count). The average molecular weight is 402 g/mol. The Balaban J connectivity index is 1.49. The van der Waals surface area contributed by atoms with Crippen LogP contribution < -0.4 is 0 Å². The summed E-state index contributed by atoms with van der Waals surface area (Å²) in [7, 11) is 0. The fraction of sp³-hybridized carbons (Fsp3) is 0.280. The van der Waals surface area contributed by atoms with E-state index < -0.39 is 0 Å². The Hall–Kier alpha value is -2.49. The molecule has 2 aromatic heterocycles. The Kier molecular flexibility index (Phi) is 5.17. The standard InChI is InChI=1S/C25H24ClN3/c26-22-7-8-23-21(15-22)6-5-20-4-2-12-28-25(20)24(23)19-9-13-29(14-10-19)17-18-3-1-11-27-16-18/h1-4,7-8,11-12,15-16H,5-6,9-10,13-14,17H2. The lowest BCUT2D eigenvalue weighted by Gasteiger charge is -2.30. The minimum Gasteiger partial charge on any atom is -0.298 e. The zero-order chi connectivity index (χ0) is 19.6. The maximum Gasteiger partial charge on any atom is 0.0739 e. The van der Waals surface area contributed by atoms with Crippen molar-refractivity contribution in [2.45, 2.75) is 32.2 Å². The molecule has 146 valence electrons. The van der Waals surface area contributed by atoms with Crippen LogP contribution >= 0.6 is 11.6 Å². The van der Waals surface area contributed by atoms with Gasteiger partial charge in [-0.15, -0.1) is 0 Å². The second-order valence-corrected chi connectivity index (χ2v) is 8.37. The van der Waals surface area contributed by atoms with Gasteiger partial charge in [0.05, 0.1) is 5.69 Å². The zero-order valence-corrected chi connectivity index (χ0v) is 17.2. The molecule has 0 amide bonds.